The number of carbonyl (C=O) groups is 1. The van der Waals surface area contributed by atoms with Crippen molar-refractivity contribution in [3.05, 3.63) is 52.7 Å². The highest BCUT2D eigenvalue weighted by Gasteiger charge is 2.15. The molecule has 0 amide bonds. The molecule has 5 heteroatoms. The monoisotopic (exact) mass is 312 g/mol. The van der Waals surface area contributed by atoms with E-state index in [4.69, 9.17) is 5.11 Å². The molecule has 0 aliphatic rings. The molecule has 0 spiro atoms. The number of aryl methyl sites for hydroxylation is 2. The van der Waals surface area contributed by atoms with Gasteiger partial charge >= 0.3 is 5.97 Å². The van der Waals surface area contributed by atoms with Crippen molar-refractivity contribution < 1.29 is 9.90 Å². The molecule has 4 nitrogen and oxygen atoms in total. The second-order valence-electron chi connectivity index (χ2n) is 5.06. The van der Waals surface area contributed by atoms with Gasteiger partial charge in [-0.25, -0.2) is 9.78 Å². The number of imidazole rings is 1. The van der Waals surface area contributed by atoms with Crippen molar-refractivity contribution in [2.24, 2.45) is 0 Å². The number of carboxylic acid groups (broad SMARTS) is 1. The van der Waals surface area contributed by atoms with Crippen LogP contribution in [-0.4, -0.2) is 20.5 Å². The average molecular weight is 312 g/mol. The smallest absolute Gasteiger partial charge is 0.328 e. The van der Waals surface area contributed by atoms with Crippen LogP contribution in [0.15, 0.2) is 35.7 Å². The Hall–Kier alpha value is -2.40. The number of benzene rings is 1. The number of aromatic nitrogens is 2. The summed E-state index contributed by atoms with van der Waals surface area (Å²) in [4.78, 5) is 16.4. The number of nitrogens with zero attached hydrogens (tertiary/aromatic N) is 2. The maximum absolute atomic E-state index is 10.9. The fourth-order valence-electron chi connectivity index (χ4n) is 2.44. The standard InChI is InChI=1S/C17H16N2O2S/c1-3-12-4-6-13(7-5-12)16-14(8-9-15(20)21)19-11(2)10-22-17(19)18-16/h4-10H,3H2,1-2H3,(H,20,21)/b9-8+. The highest BCUT2D eigenvalue weighted by molar-refractivity contribution is 7.15. The summed E-state index contributed by atoms with van der Waals surface area (Å²) in [6.07, 6.45) is 3.76. The second kappa shape index (κ2) is 5.77. The molecule has 0 atom stereocenters. The summed E-state index contributed by atoms with van der Waals surface area (Å²) < 4.78 is 1.99. The summed E-state index contributed by atoms with van der Waals surface area (Å²) in [5, 5.41) is 10.9. The average Bonchev–Trinajstić information content (AvgIpc) is 3.05. The molecule has 0 unspecified atom stereocenters. The van der Waals surface area contributed by atoms with Gasteiger partial charge in [-0.15, -0.1) is 11.3 Å². The van der Waals surface area contributed by atoms with E-state index >= 15 is 0 Å². The molecule has 22 heavy (non-hydrogen) atoms. The number of rotatable bonds is 4. The third-order valence-electron chi connectivity index (χ3n) is 3.59. The Balaban J connectivity index is 2.19. The maximum Gasteiger partial charge on any atom is 0.328 e. The fourth-order valence-corrected chi connectivity index (χ4v) is 3.31. The summed E-state index contributed by atoms with van der Waals surface area (Å²) in [5.41, 5.74) is 4.94. The first kappa shape index (κ1) is 14.5. The third kappa shape index (κ3) is 2.55. The van der Waals surface area contributed by atoms with Gasteiger partial charge in [-0.05, 0) is 25.0 Å². The van der Waals surface area contributed by atoms with E-state index in [1.54, 1.807) is 17.4 Å². The first-order valence-electron chi connectivity index (χ1n) is 7.07. The van der Waals surface area contributed by atoms with E-state index < -0.39 is 5.97 Å². The minimum atomic E-state index is -0.963. The molecule has 3 rings (SSSR count). The minimum absolute atomic E-state index is 0.806. The highest BCUT2D eigenvalue weighted by atomic mass is 32.1. The number of fused-ring (bicyclic) bond motifs is 1. The predicted molar refractivity (Wildman–Crippen MR) is 89.3 cm³/mol. The number of carboxylic acids is 1. The summed E-state index contributed by atoms with van der Waals surface area (Å²) in [6.45, 7) is 4.11. The van der Waals surface area contributed by atoms with Gasteiger partial charge in [0.2, 0.25) is 0 Å². The Morgan fingerprint density at radius 3 is 2.73 bits per heavy atom. The molecule has 3 aromatic rings. The molecule has 0 saturated carbocycles. The lowest BCUT2D eigenvalue weighted by atomic mass is 10.1. The SMILES string of the molecule is CCc1ccc(-c2nc3scc(C)n3c2/C=C/C(=O)O)cc1. The van der Waals surface area contributed by atoms with Crippen molar-refractivity contribution in [3.8, 4) is 11.3 Å². The van der Waals surface area contributed by atoms with E-state index in [2.05, 4.69) is 24.0 Å². The van der Waals surface area contributed by atoms with E-state index in [0.29, 0.717) is 0 Å². The molecule has 0 radical (unpaired) electrons. The van der Waals surface area contributed by atoms with Gasteiger partial charge in [0.05, 0.1) is 11.4 Å². The largest absolute Gasteiger partial charge is 0.478 e. The molecular formula is C17H16N2O2S. The van der Waals surface area contributed by atoms with Crippen molar-refractivity contribution in [1.29, 1.82) is 0 Å². The quantitative estimate of drug-likeness (QED) is 0.740. The Morgan fingerprint density at radius 1 is 1.36 bits per heavy atom. The number of thiazole rings is 1. The van der Waals surface area contributed by atoms with Crippen molar-refractivity contribution in [1.82, 2.24) is 9.38 Å². The van der Waals surface area contributed by atoms with Crippen LogP contribution < -0.4 is 0 Å². The zero-order valence-corrected chi connectivity index (χ0v) is 13.2. The molecule has 112 valence electrons. The van der Waals surface area contributed by atoms with Crippen LogP contribution in [0, 0.1) is 6.92 Å². The lowest BCUT2D eigenvalue weighted by Crippen LogP contribution is -1.92. The molecular weight excluding hydrogens is 296 g/mol. The van der Waals surface area contributed by atoms with Gasteiger partial charge in [-0.2, -0.15) is 0 Å². The van der Waals surface area contributed by atoms with Crippen LogP contribution in [0.25, 0.3) is 22.3 Å². The molecule has 0 bridgehead atoms. The Kier molecular flexibility index (Phi) is 3.81. The lowest BCUT2D eigenvalue weighted by molar-refractivity contribution is -0.131. The van der Waals surface area contributed by atoms with Crippen LogP contribution in [0.5, 0.6) is 0 Å². The van der Waals surface area contributed by atoms with Crippen molar-refractivity contribution in [2.75, 3.05) is 0 Å². The zero-order valence-electron chi connectivity index (χ0n) is 12.4. The first-order chi connectivity index (χ1) is 10.6. The molecule has 2 aromatic heterocycles. The van der Waals surface area contributed by atoms with Gasteiger partial charge in [0, 0.05) is 22.7 Å². The van der Waals surface area contributed by atoms with Gasteiger partial charge in [0.1, 0.15) is 0 Å². The Labute approximate surface area is 132 Å². The number of hydrogen-bond acceptors (Lipinski definition) is 3. The summed E-state index contributed by atoms with van der Waals surface area (Å²) in [6, 6.07) is 8.25. The molecule has 1 N–H and O–H groups in total. The normalized spacial score (nSPS) is 11.5. The van der Waals surface area contributed by atoms with Gasteiger partial charge in [0.25, 0.3) is 0 Å². The fraction of sp³-hybridized carbons (Fsp3) is 0.176. The predicted octanol–water partition coefficient (Wildman–Crippen LogP) is 4.03. The van der Waals surface area contributed by atoms with Crippen molar-refractivity contribution >= 4 is 28.3 Å². The van der Waals surface area contributed by atoms with Gasteiger partial charge in [-0.1, -0.05) is 31.2 Å². The third-order valence-corrected chi connectivity index (χ3v) is 4.53. The van der Waals surface area contributed by atoms with E-state index in [-0.39, 0.29) is 0 Å². The van der Waals surface area contributed by atoms with E-state index in [1.807, 2.05) is 28.8 Å². The van der Waals surface area contributed by atoms with E-state index in [0.717, 1.165) is 40.1 Å². The summed E-state index contributed by atoms with van der Waals surface area (Å²) in [7, 11) is 0. The topological polar surface area (TPSA) is 54.6 Å². The molecule has 2 heterocycles. The van der Waals surface area contributed by atoms with E-state index in [9.17, 15) is 4.79 Å². The second-order valence-corrected chi connectivity index (χ2v) is 5.90. The van der Waals surface area contributed by atoms with Crippen LogP contribution in [0.4, 0.5) is 0 Å². The first-order valence-corrected chi connectivity index (χ1v) is 7.95. The Morgan fingerprint density at radius 2 is 2.09 bits per heavy atom. The van der Waals surface area contributed by atoms with E-state index in [1.165, 1.54) is 5.56 Å². The van der Waals surface area contributed by atoms with Crippen molar-refractivity contribution in [2.45, 2.75) is 20.3 Å². The van der Waals surface area contributed by atoms with Crippen LogP contribution in [0.3, 0.4) is 0 Å². The van der Waals surface area contributed by atoms with Crippen LogP contribution in [0.1, 0.15) is 23.9 Å². The van der Waals surface area contributed by atoms with Crippen LogP contribution in [-0.2, 0) is 11.2 Å². The minimum Gasteiger partial charge on any atom is -0.478 e. The molecule has 1 aromatic carbocycles. The maximum atomic E-state index is 10.9. The zero-order chi connectivity index (χ0) is 15.7. The Bertz CT molecular complexity index is 857. The molecule has 0 aliphatic carbocycles. The summed E-state index contributed by atoms with van der Waals surface area (Å²) in [5.74, 6) is -0.963. The van der Waals surface area contributed by atoms with Gasteiger partial charge < -0.3 is 5.11 Å². The van der Waals surface area contributed by atoms with Gasteiger partial charge in [0.15, 0.2) is 4.96 Å². The lowest BCUT2D eigenvalue weighted by Gasteiger charge is -2.03. The van der Waals surface area contributed by atoms with Crippen molar-refractivity contribution in [3.63, 3.8) is 0 Å². The number of aliphatic carboxylic acids is 1. The molecule has 0 fully saturated rings. The highest BCUT2D eigenvalue weighted by Crippen LogP contribution is 2.29. The molecule has 0 aliphatic heterocycles. The number of hydrogen-bond donors (Lipinski definition) is 1. The van der Waals surface area contributed by atoms with Crippen LogP contribution >= 0.6 is 11.3 Å². The van der Waals surface area contributed by atoms with Gasteiger partial charge in [-0.3, -0.25) is 4.40 Å². The van der Waals surface area contributed by atoms with Crippen LogP contribution in [0.2, 0.25) is 0 Å². The molecule has 0 saturated heterocycles. The summed E-state index contributed by atoms with van der Waals surface area (Å²) >= 11 is 1.56.